The molecule has 1 atom stereocenters. The van der Waals surface area contributed by atoms with Crippen molar-refractivity contribution in [2.45, 2.75) is 45.1 Å². The lowest BCUT2D eigenvalue weighted by molar-refractivity contribution is -0.127. The number of hydrogen-bond donors (Lipinski definition) is 1. The number of carbonyl (C=O) groups is 1. The molecule has 1 heterocycles. The smallest absolute Gasteiger partial charge is 0.223 e. The molecule has 1 aromatic carbocycles. The van der Waals surface area contributed by atoms with Crippen molar-refractivity contribution >= 4 is 29.1 Å². The number of nitrogens with zero attached hydrogens (tertiary/aromatic N) is 3. The number of halogens is 2. The maximum atomic E-state index is 12.8. The summed E-state index contributed by atoms with van der Waals surface area (Å²) in [4.78, 5) is 12.8. The molecule has 1 N–H and O–H groups in total. The van der Waals surface area contributed by atoms with Crippen molar-refractivity contribution < 1.29 is 4.79 Å². The van der Waals surface area contributed by atoms with Crippen LogP contribution in [0, 0.1) is 5.92 Å². The van der Waals surface area contributed by atoms with Gasteiger partial charge in [-0.3, -0.25) is 9.48 Å². The molecule has 0 radical (unpaired) electrons. The van der Waals surface area contributed by atoms with Crippen LogP contribution in [-0.4, -0.2) is 26.4 Å². The van der Waals surface area contributed by atoms with Gasteiger partial charge in [0, 0.05) is 35.0 Å². The Kier molecular flexibility index (Phi) is 5.07. The molecule has 1 amide bonds. The maximum Gasteiger partial charge on any atom is 0.223 e. The fraction of sp³-hybridized carbons (Fsp3) is 0.500. The topological polar surface area (TPSA) is 59.8 Å². The van der Waals surface area contributed by atoms with E-state index in [2.05, 4.69) is 15.6 Å². The first-order chi connectivity index (χ1) is 11.7. The number of rotatable bonds is 4. The number of nitrogens with one attached hydrogen (secondary N) is 1. The first-order valence-electron chi connectivity index (χ1n) is 8.38. The Labute approximate surface area is 157 Å². The summed E-state index contributed by atoms with van der Waals surface area (Å²) in [6.07, 6.45) is 2.92. The van der Waals surface area contributed by atoms with Gasteiger partial charge in [-0.15, -0.1) is 5.10 Å². The molecular weight excluding hydrogens is 359 g/mol. The zero-order chi connectivity index (χ0) is 18.2. The molecular formula is C18H22Cl2N4O. The van der Waals surface area contributed by atoms with Gasteiger partial charge in [0.2, 0.25) is 5.91 Å². The molecule has 0 bridgehead atoms. The van der Waals surface area contributed by atoms with Crippen LogP contribution in [0.1, 0.15) is 37.2 Å². The molecule has 7 heteroatoms. The molecule has 1 aliphatic rings. The van der Waals surface area contributed by atoms with Crippen molar-refractivity contribution in [2.24, 2.45) is 13.0 Å². The number of benzene rings is 1. The van der Waals surface area contributed by atoms with Gasteiger partial charge < -0.3 is 5.32 Å². The summed E-state index contributed by atoms with van der Waals surface area (Å²) in [5.41, 5.74) is 2.64. The normalized spacial score (nSPS) is 17.2. The van der Waals surface area contributed by atoms with Gasteiger partial charge in [0.25, 0.3) is 0 Å². The molecule has 0 saturated heterocycles. The second-order valence-corrected chi connectivity index (χ2v) is 8.18. The lowest BCUT2D eigenvalue weighted by Gasteiger charge is -2.30. The van der Waals surface area contributed by atoms with Crippen molar-refractivity contribution in [3.8, 4) is 0 Å². The van der Waals surface area contributed by atoms with E-state index in [0.29, 0.717) is 22.9 Å². The quantitative estimate of drug-likeness (QED) is 0.884. The fourth-order valence-corrected chi connectivity index (χ4v) is 3.83. The Morgan fingerprint density at radius 3 is 2.88 bits per heavy atom. The second-order valence-electron chi connectivity index (χ2n) is 7.33. The van der Waals surface area contributed by atoms with E-state index in [9.17, 15) is 4.79 Å². The summed E-state index contributed by atoms with van der Waals surface area (Å²) in [6, 6.07) is 5.46. The van der Waals surface area contributed by atoms with Gasteiger partial charge in [0.05, 0.1) is 11.4 Å². The van der Waals surface area contributed by atoms with Crippen LogP contribution in [0.2, 0.25) is 10.0 Å². The van der Waals surface area contributed by atoms with E-state index in [0.717, 1.165) is 29.8 Å². The van der Waals surface area contributed by atoms with Crippen LogP contribution in [0.3, 0.4) is 0 Å². The van der Waals surface area contributed by atoms with Crippen LogP contribution < -0.4 is 5.32 Å². The molecule has 0 saturated carbocycles. The number of aromatic nitrogens is 3. The third-order valence-electron chi connectivity index (χ3n) is 4.67. The summed E-state index contributed by atoms with van der Waals surface area (Å²) >= 11 is 12.2. The van der Waals surface area contributed by atoms with Gasteiger partial charge in [-0.1, -0.05) is 34.5 Å². The van der Waals surface area contributed by atoms with Crippen LogP contribution in [-0.2, 0) is 31.1 Å². The van der Waals surface area contributed by atoms with Gasteiger partial charge in [0.1, 0.15) is 0 Å². The average Bonchev–Trinajstić information content (AvgIpc) is 2.90. The highest BCUT2D eigenvalue weighted by atomic mass is 35.5. The summed E-state index contributed by atoms with van der Waals surface area (Å²) in [5, 5.41) is 12.6. The minimum Gasteiger partial charge on any atom is -0.351 e. The largest absolute Gasteiger partial charge is 0.351 e. The van der Waals surface area contributed by atoms with E-state index in [-0.39, 0.29) is 11.8 Å². The van der Waals surface area contributed by atoms with Crippen LogP contribution in [0.5, 0.6) is 0 Å². The van der Waals surface area contributed by atoms with Gasteiger partial charge in [-0.05, 0) is 50.8 Å². The van der Waals surface area contributed by atoms with E-state index < -0.39 is 5.54 Å². The standard InChI is InChI=1S/C18H22Cl2N4O/c1-18(2,10-12-4-6-13(19)9-14(12)20)21-17(25)11-5-7-15-16(8-11)24(3)23-22-15/h4,6,9,11H,5,7-8,10H2,1-3H3,(H,21,25)/t11-/m0/s1. The summed E-state index contributed by atoms with van der Waals surface area (Å²) in [6.45, 7) is 4.02. The highest BCUT2D eigenvalue weighted by molar-refractivity contribution is 6.35. The lowest BCUT2D eigenvalue weighted by Crippen LogP contribution is -2.48. The first kappa shape index (κ1) is 18.2. The van der Waals surface area contributed by atoms with Gasteiger partial charge in [0.15, 0.2) is 0 Å². The summed E-state index contributed by atoms with van der Waals surface area (Å²) < 4.78 is 1.77. The van der Waals surface area contributed by atoms with Crippen LogP contribution in [0.4, 0.5) is 0 Å². The molecule has 0 fully saturated rings. The molecule has 134 valence electrons. The third-order valence-corrected chi connectivity index (χ3v) is 5.26. The Morgan fingerprint density at radius 1 is 1.40 bits per heavy atom. The predicted octanol–water partition coefficient (Wildman–Crippen LogP) is 3.36. The van der Waals surface area contributed by atoms with Crippen LogP contribution in [0.25, 0.3) is 0 Å². The summed E-state index contributed by atoms with van der Waals surface area (Å²) in [5.74, 6) is 0.0200. The molecule has 0 aliphatic heterocycles. The number of amides is 1. The lowest BCUT2D eigenvalue weighted by atomic mass is 9.87. The van der Waals surface area contributed by atoms with Crippen molar-refractivity contribution in [3.63, 3.8) is 0 Å². The zero-order valence-corrected chi connectivity index (χ0v) is 16.2. The number of aryl methyl sites for hydroxylation is 2. The molecule has 1 aromatic heterocycles. The van der Waals surface area contributed by atoms with Crippen molar-refractivity contribution in [2.75, 3.05) is 0 Å². The second kappa shape index (κ2) is 6.96. The number of carbonyl (C=O) groups excluding carboxylic acids is 1. The highest BCUT2D eigenvalue weighted by Gasteiger charge is 2.31. The van der Waals surface area contributed by atoms with E-state index in [1.165, 1.54) is 0 Å². The Bertz CT molecular complexity index is 800. The van der Waals surface area contributed by atoms with Gasteiger partial charge in [-0.25, -0.2) is 0 Å². The highest BCUT2D eigenvalue weighted by Crippen LogP contribution is 2.27. The van der Waals surface area contributed by atoms with Crippen molar-refractivity contribution in [3.05, 3.63) is 45.2 Å². The summed E-state index contributed by atoms with van der Waals surface area (Å²) in [7, 11) is 1.87. The molecule has 5 nitrogen and oxygen atoms in total. The molecule has 3 rings (SSSR count). The average molecular weight is 381 g/mol. The predicted molar refractivity (Wildman–Crippen MR) is 98.9 cm³/mol. The Balaban J connectivity index is 1.66. The third kappa shape index (κ3) is 4.15. The number of fused-ring (bicyclic) bond motifs is 1. The van der Waals surface area contributed by atoms with E-state index in [1.807, 2.05) is 33.0 Å². The van der Waals surface area contributed by atoms with E-state index in [1.54, 1.807) is 10.7 Å². The first-order valence-corrected chi connectivity index (χ1v) is 9.14. The van der Waals surface area contributed by atoms with E-state index in [4.69, 9.17) is 23.2 Å². The molecule has 0 spiro atoms. The monoisotopic (exact) mass is 380 g/mol. The fourth-order valence-electron chi connectivity index (χ4n) is 3.35. The Morgan fingerprint density at radius 2 is 2.16 bits per heavy atom. The maximum absolute atomic E-state index is 12.8. The van der Waals surface area contributed by atoms with Crippen LogP contribution >= 0.6 is 23.2 Å². The number of hydrogen-bond acceptors (Lipinski definition) is 3. The van der Waals surface area contributed by atoms with Crippen molar-refractivity contribution in [1.82, 2.24) is 20.3 Å². The van der Waals surface area contributed by atoms with E-state index >= 15 is 0 Å². The molecule has 25 heavy (non-hydrogen) atoms. The van der Waals surface area contributed by atoms with Crippen molar-refractivity contribution in [1.29, 1.82) is 0 Å². The Hall–Kier alpha value is -1.59. The minimum absolute atomic E-state index is 0.0512. The molecule has 0 unspecified atom stereocenters. The van der Waals surface area contributed by atoms with Gasteiger partial charge >= 0.3 is 0 Å². The van der Waals surface area contributed by atoms with Crippen LogP contribution in [0.15, 0.2) is 18.2 Å². The zero-order valence-electron chi connectivity index (χ0n) is 14.6. The molecule has 1 aliphatic carbocycles. The van der Waals surface area contributed by atoms with Gasteiger partial charge in [-0.2, -0.15) is 0 Å². The SMILES string of the molecule is Cn1nnc2c1C[C@@H](C(=O)NC(C)(C)Cc1ccc(Cl)cc1Cl)CC2. The minimum atomic E-state index is -0.403. The molecule has 2 aromatic rings.